The van der Waals surface area contributed by atoms with Gasteiger partial charge in [0, 0.05) is 18.7 Å². The van der Waals surface area contributed by atoms with Crippen LogP contribution in [0.4, 0.5) is 5.69 Å². The average Bonchev–Trinajstić information content (AvgIpc) is 2.45. The largest absolute Gasteiger partial charge is 0.495 e. The summed E-state index contributed by atoms with van der Waals surface area (Å²) in [5.41, 5.74) is 6.28. The number of anilines is 1. The summed E-state index contributed by atoms with van der Waals surface area (Å²) in [6.07, 6.45) is -0.367. The Morgan fingerprint density at radius 2 is 2.29 bits per heavy atom. The summed E-state index contributed by atoms with van der Waals surface area (Å²) >= 11 is 0. The predicted octanol–water partition coefficient (Wildman–Crippen LogP) is 0.889. The Morgan fingerprint density at radius 3 is 2.90 bits per heavy atom. The monoisotopic (exact) mass is 294 g/mol. The number of ether oxygens (including phenoxy) is 2. The van der Waals surface area contributed by atoms with Gasteiger partial charge in [0.2, 0.25) is 0 Å². The standard InChI is InChI=1S/C15H22N2O4/c1-15(2)9-17(7-11(8-18)21-15)14(19)10-4-5-12(16)13(6-10)20-3/h4-6,11,18H,7-9,16H2,1-3H3. The molecule has 0 aromatic heterocycles. The molecule has 1 aromatic carbocycles. The third-order valence-corrected chi connectivity index (χ3v) is 3.45. The van der Waals surface area contributed by atoms with Gasteiger partial charge in [-0.1, -0.05) is 0 Å². The molecule has 1 aliphatic heterocycles. The first-order valence-corrected chi connectivity index (χ1v) is 6.88. The van der Waals surface area contributed by atoms with E-state index in [1.54, 1.807) is 23.1 Å². The molecule has 0 aliphatic carbocycles. The van der Waals surface area contributed by atoms with Gasteiger partial charge in [-0.3, -0.25) is 4.79 Å². The topological polar surface area (TPSA) is 85.0 Å². The van der Waals surface area contributed by atoms with Gasteiger partial charge in [-0.25, -0.2) is 0 Å². The first kappa shape index (κ1) is 15.6. The predicted molar refractivity (Wildman–Crippen MR) is 79.3 cm³/mol. The minimum atomic E-state index is -0.487. The van der Waals surface area contributed by atoms with Crippen LogP contribution < -0.4 is 10.5 Å². The van der Waals surface area contributed by atoms with E-state index in [1.807, 2.05) is 13.8 Å². The van der Waals surface area contributed by atoms with Gasteiger partial charge in [0.15, 0.2) is 0 Å². The summed E-state index contributed by atoms with van der Waals surface area (Å²) in [4.78, 5) is 14.3. The number of morpholine rings is 1. The summed E-state index contributed by atoms with van der Waals surface area (Å²) in [6, 6.07) is 4.96. The van der Waals surface area contributed by atoms with E-state index >= 15 is 0 Å². The summed E-state index contributed by atoms with van der Waals surface area (Å²) < 4.78 is 10.9. The molecule has 1 aliphatic rings. The van der Waals surface area contributed by atoms with Crippen molar-refractivity contribution in [2.24, 2.45) is 0 Å². The van der Waals surface area contributed by atoms with Gasteiger partial charge in [-0.15, -0.1) is 0 Å². The van der Waals surface area contributed by atoms with Crippen LogP contribution in [0.2, 0.25) is 0 Å². The Labute approximate surface area is 124 Å². The molecule has 1 fully saturated rings. The van der Waals surface area contributed by atoms with Crippen LogP contribution in [-0.2, 0) is 4.74 Å². The van der Waals surface area contributed by atoms with Gasteiger partial charge in [0.25, 0.3) is 5.91 Å². The number of nitrogens with two attached hydrogens (primary N) is 1. The molecule has 1 atom stereocenters. The van der Waals surface area contributed by atoms with Crippen molar-refractivity contribution in [3.8, 4) is 5.75 Å². The lowest BCUT2D eigenvalue weighted by molar-refractivity contribution is -0.139. The molecule has 6 nitrogen and oxygen atoms in total. The lowest BCUT2D eigenvalue weighted by atomic mass is 10.0. The second-order valence-corrected chi connectivity index (χ2v) is 5.82. The van der Waals surface area contributed by atoms with Crippen molar-refractivity contribution in [1.82, 2.24) is 4.90 Å². The molecule has 0 bridgehead atoms. The maximum absolute atomic E-state index is 12.6. The minimum Gasteiger partial charge on any atom is -0.495 e. The van der Waals surface area contributed by atoms with Gasteiger partial charge >= 0.3 is 0 Å². The normalized spacial score (nSPS) is 21.1. The first-order valence-electron chi connectivity index (χ1n) is 6.88. The van der Waals surface area contributed by atoms with Crippen LogP contribution in [0.3, 0.4) is 0 Å². The third-order valence-electron chi connectivity index (χ3n) is 3.45. The summed E-state index contributed by atoms with van der Waals surface area (Å²) in [6.45, 7) is 4.52. The Bertz CT molecular complexity index is 530. The van der Waals surface area contributed by atoms with Crippen molar-refractivity contribution in [2.75, 3.05) is 32.5 Å². The molecule has 0 radical (unpaired) electrons. The number of nitrogen functional groups attached to an aromatic ring is 1. The molecule has 1 amide bonds. The Morgan fingerprint density at radius 1 is 1.57 bits per heavy atom. The summed E-state index contributed by atoms with van der Waals surface area (Å²) in [5, 5.41) is 9.31. The molecule has 1 heterocycles. The number of rotatable bonds is 3. The number of benzene rings is 1. The fourth-order valence-corrected chi connectivity index (χ4v) is 2.57. The summed E-state index contributed by atoms with van der Waals surface area (Å²) in [7, 11) is 1.51. The first-order chi connectivity index (χ1) is 9.86. The minimum absolute atomic E-state index is 0.113. The van der Waals surface area contributed by atoms with Crippen LogP contribution in [0.25, 0.3) is 0 Å². The highest BCUT2D eigenvalue weighted by Crippen LogP contribution is 2.26. The molecule has 0 saturated carbocycles. The second-order valence-electron chi connectivity index (χ2n) is 5.82. The van der Waals surface area contributed by atoms with E-state index < -0.39 is 5.60 Å². The van der Waals surface area contributed by atoms with E-state index in [1.165, 1.54) is 7.11 Å². The number of nitrogens with zero attached hydrogens (tertiary/aromatic N) is 1. The Hall–Kier alpha value is -1.79. The molecule has 116 valence electrons. The molecular weight excluding hydrogens is 272 g/mol. The SMILES string of the molecule is COc1cc(C(=O)N2CC(CO)OC(C)(C)C2)ccc1N. The maximum Gasteiger partial charge on any atom is 0.254 e. The number of amides is 1. The molecule has 21 heavy (non-hydrogen) atoms. The van der Waals surface area contributed by atoms with Crippen molar-refractivity contribution in [3.63, 3.8) is 0 Å². The fourth-order valence-electron chi connectivity index (χ4n) is 2.57. The van der Waals surface area contributed by atoms with Gasteiger partial charge in [0.05, 0.1) is 31.1 Å². The molecule has 1 unspecified atom stereocenters. The highest BCUT2D eigenvalue weighted by atomic mass is 16.5. The number of aliphatic hydroxyl groups is 1. The molecular formula is C15H22N2O4. The molecule has 2 rings (SSSR count). The van der Waals surface area contributed by atoms with Gasteiger partial charge in [-0.2, -0.15) is 0 Å². The number of carbonyl (C=O) groups is 1. The number of hydrogen-bond donors (Lipinski definition) is 2. The molecule has 6 heteroatoms. The quantitative estimate of drug-likeness (QED) is 0.809. The maximum atomic E-state index is 12.6. The van der Waals surface area contributed by atoms with Crippen molar-refractivity contribution in [1.29, 1.82) is 0 Å². The van der Waals surface area contributed by atoms with Crippen LogP contribution in [0.5, 0.6) is 5.75 Å². The lowest BCUT2D eigenvalue weighted by Crippen LogP contribution is -2.55. The van der Waals surface area contributed by atoms with E-state index in [0.29, 0.717) is 30.1 Å². The van der Waals surface area contributed by atoms with Crippen molar-refractivity contribution < 1.29 is 19.4 Å². The van der Waals surface area contributed by atoms with Crippen molar-refractivity contribution in [3.05, 3.63) is 23.8 Å². The van der Waals surface area contributed by atoms with Crippen LogP contribution >= 0.6 is 0 Å². The van der Waals surface area contributed by atoms with E-state index in [4.69, 9.17) is 15.2 Å². The second kappa shape index (κ2) is 5.91. The Kier molecular flexibility index (Phi) is 4.39. The van der Waals surface area contributed by atoms with E-state index in [0.717, 1.165) is 0 Å². The van der Waals surface area contributed by atoms with Gasteiger partial charge in [0.1, 0.15) is 5.75 Å². The highest BCUT2D eigenvalue weighted by molar-refractivity contribution is 5.95. The van der Waals surface area contributed by atoms with Crippen LogP contribution in [-0.4, -0.2) is 54.4 Å². The zero-order valence-electron chi connectivity index (χ0n) is 12.6. The highest BCUT2D eigenvalue weighted by Gasteiger charge is 2.35. The van der Waals surface area contributed by atoms with Crippen molar-refractivity contribution in [2.45, 2.75) is 25.6 Å². The summed E-state index contributed by atoms with van der Waals surface area (Å²) in [5.74, 6) is 0.357. The molecule has 0 spiro atoms. The van der Waals surface area contributed by atoms with Gasteiger partial charge in [-0.05, 0) is 32.0 Å². The smallest absolute Gasteiger partial charge is 0.254 e. The van der Waals surface area contributed by atoms with Crippen LogP contribution in [0.15, 0.2) is 18.2 Å². The lowest BCUT2D eigenvalue weighted by Gasteiger charge is -2.42. The fraction of sp³-hybridized carbons (Fsp3) is 0.533. The van der Waals surface area contributed by atoms with E-state index in [9.17, 15) is 9.90 Å². The third kappa shape index (κ3) is 3.46. The zero-order valence-corrected chi connectivity index (χ0v) is 12.6. The Balaban J connectivity index is 2.22. The number of carbonyl (C=O) groups excluding carboxylic acids is 1. The van der Waals surface area contributed by atoms with E-state index in [2.05, 4.69) is 0 Å². The van der Waals surface area contributed by atoms with Crippen LogP contribution in [0, 0.1) is 0 Å². The zero-order chi connectivity index (χ0) is 15.6. The number of aliphatic hydroxyl groups excluding tert-OH is 1. The number of hydrogen-bond acceptors (Lipinski definition) is 5. The molecule has 1 saturated heterocycles. The average molecular weight is 294 g/mol. The van der Waals surface area contributed by atoms with Crippen LogP contribution in [0.1, 0.15) is 24.2 Å². The number of methoxy groups -OCH3 is 1. The molecule has 3 N–H and O–H groups in total. The van der Waals surface area contributed by atoms with Gasteiger partial charge < -0.3 is 25.2 Å². The molecule has 1 aromatic rings. The van der Waals surface area contributed by atoms with Crippen molar-refractivity contribution >= 4 is 11.6 Å². The van der Waals surface area contributed by atoms with E-state index in [-0.39, 0.29) is 18.6 Å².